The van der Waals surface area contributed by atoms with Crippen LogP contribution in [0.25, 0.3) is 0 Å². The second kappa shape index (κ2) is 10.0. The molecule has 1 saturated carbocycles. The van der Waals surface area contributed by atoms with Crippen LogP contribution in [0.5, 0.6) is 0 Å². The van der Waals surface area contributed by atoms with Gasteiger partial charge >= 0.3 is 0 Å². The maximum Gasteiger partial charge on any atom is 0.214 e. The molecule has 1 fully saturated rings. The van der Waals surface area contributed by atoms with Crippen molar-refractivity contribution in [2.75, 3.05) is 5.75 Å². The Labute approximate surface area is 134 Å². The van der Waals surface area contributed by atoms with Crippen LogP contribution in [0.2, 0.25) is 0 Å². The molecule has 1 atom stereocenters. The van der Waals surface area contributed by atoms with Gasteiger partial charge in [-0.25, -0.2) is 0 Å². The summed E-state index contributed by atoms with van der Waals surface area (Å²) in [6, 6.07) is 8.43. The molecule has 2 heteroatoms. The van der Waals surface area contributed by atoms with Crippen LogP contribution in [0.4, 0.5) is 0 Å². The SMILES string of the molecule is CC.CC[SH+]C(C)C(=O)c1ccc(C2CCCCC2)cc1. The molecular weight excluding hydrogens is 276 g/mol. The smallest absolute Gasteiger partial charge is 0.214 e. The van der Waals surface area contributed by atoms with Crippen LogP contribution in [-0.4, -0.2) is 16.8 Å². The zero-order valence-corrected chi connectivity index (χ0v) is 15.0. The lowest BCUT2D eigenvalue weighted by Crippen LogP contribution is -2.19. The number of thiol groups is 1. The topological polar surface area (TPSA) is 17.1 Å². The number of rotatable bonds is 5. The predicted octanol–water partition coefficient (Wildman–Crippen LogP) is 5.17. The normalized spacial score (nSPS) is 16.8. The van der Waals surface area contributed by atoms with E-state index in [0.29, 0.717) is 5.78 Å². The van der Waals surface area contributed by atoms with E-state index in [1.54, 1.807) is 0 Å². The van der Waals surface area contributed by atoms with Crippen LogP contribution in [0.15, 0.2) is 24.3 Å². The molecule has 0 N–H and O–H groups in total. The Morgan fingerprint density at radius 2 is 1.71 bits per heavy atom. The molecule has 1 aromatic carbocycles. The average Bonchev–Trinajstić information content (AvgIpc) is 2.57. The fourth-order valence-electron chi connectivity index (χ4n) is 2.95. The van der Waals surface area contributed by atoms with E-state index < -0.39 is 0 Å². The van der Waals surface area contributed by atoms with Crippen molar-refractivity contribution >= 4 is 17.5 Å². The zero-order valence-electron chi connectivity index (χ0n) is 14.1. The quantitative estimate of drug-likeness (QED) is 0.417. The molecule has 1 nitrogen and oxygen atoms in total. The third-order valence-corrected chi connectivity index (χ3v) is 5.26. The molecule has 1 aromatic rings. The summed E-state index contributed by atoms with van der Waals surface area (Å²) in [5, 5.41) is 0.130. The van der Waals surface area contributed by atoms with Gasteiger partial charge < -0.3 is 0 Å². The Morgan fingerprint density at radius 1 is 1.14 bits per heavy atom. The van der Waals surface area contributed by atoms with Crippen LogP contribution in [-0.2, 0) is 11.8 Å². The molecule has 0 radical (unpaired) electrons. The molecule has 0 bridgehead atoms. The lowest BCUT2D eigenvalue weighted by molar-refractivity contribution is 0.0993. The first-order valence-electron chi connectivity index (χ1n) is 8.53. The van der Waals surface area contributed by atoms with Crippen LogP contribution in [0, 0.1) is 0 Å². The van der Waals surface area contributed by atoms with Gasteiger partial charge in [0.2, 0.25) is 5.78 Å². The monoisotopic (exact) mass is 307 g/mol. The number of carbonyl (C=O) groups excluding carboxylic acids is 1. The Hall–Kier alpha value is -0.760. The van der Waals surface area contributed by atoms with Gasteiger partial charge in [0, 0.05) is 5.56 Å². The summed E-state index contributed by atoms with van der Waals surface area (Å²) in [4.78, 5) is 12.2. The zero-order chi connectivity index (χ0) is 15.7. The van der Waals surface area contributed by atoms with Crippen molar-refractivity contribution < 1.29 is 4.79 Å². The van der Waals surface area contributed by atoms with Gasteiger partial charge in [0.15, 0.2) is 5.25 Å². The van der Waals surface area contributed by atoms with Gasteiger partial charge in [-0.1, -0.05) is 57.4 Å². The second-order valence-electron chi connectivity index (χ2n) is 5.50. The molecule has 0 saturated heterocycles. The first-order valence-corrected chi connectivity index (χ1v) is 9.68. The predicted molar refractivity (Wildman–Crippen MR) is 96.7 cm³/mol. The van der Waals surface area contributed by atoms with Gasteiger partial charge in [-0.05, 0) is 49.9 Å². The lowest BCUT2D eigenvalue weighted by atomic mass is 9.84. The van der Waals surface area contributed by atoms with Crippen molar-refractivity contribution in [3.05, 3.63) is 35.4 Å². The third kappa shape index (κ3) is 5.50. The highest BCUT2D eigenvalue weighted by Crippen LogP contribution is 2.32. The van der Waals surface area contributed by atoms with Gasteiger partial charge in [0.1, 0.15) is 5.75 Å². The first kappa shape index (κ1) is 18.3. The fourth-order valence-corrected chi connectivity index (χ4v) is 3.82. The number of ketones is 1. The Balaban J connectivity index is 0.00000106. The highest BCUT2D eigenvalue weighted by atomic mass is 32.2. The molecule has 1 aliphatic rings. The van der Waals surface area contributed by atoms with Crippen molar-refractivity contribution in [1.82, 2.24) is 0 Å². The molecule has 0 aromatic heterocycles. The standard InChI is InChI=1S/C17H24OS.C2H6/c1-3-19-13(2)17(18)16-11-9-15(10-12-16)14-7-5-4-6-8-14;1-2/h9-14H,3-8H2,1-2H3;1-2H3/p+1. The van der Waals surface area contributed by atoms with Crippen LogP contribution < -0.4 is 0 Å². The molecule has 21 heavy (non-hydrogen) atoms. The summed E-state index contributed by atoms with van der Waals surface area (Å²) < 4.78 is 0. The van der Waals surface area contributed by atoms with E-state index in [4.69, 9.17) is 0 Å². The van der Waals surface area contributed by atoms with Gasteiger partial charge in [0.25, 0.3) is 0 Å². The summed E-state index contributed by atoms with van der Waals surface area (Å²) >= 11 is 1.23. The van der Waals surface area contributed by atoms with Crippen LogP contribution in [0.1, 0.15) is 81.6 Å². The van der Waals surface area contributed by atoms with E-state index in [1.807, 2.05) is 32.9 Å². The molecule has 0 heterocycles. The number of hydrogen-bond acceptors (Lipinski definition) is 1. The number of Topliss-reactive ketones (excluding diaryl/α,β-unsaturated/α-hetero) is 1. The summed E-state index contributed by atoms with van der Waals surface area (Å²) in [6.45, 7) is 8.15. The minimum Gasteiger partial charge on any atom is -0.289 e. The van der Waals surface area contributed by atoms with Crippen LogP contribution in [0.3, 0.4) is 0 Å². The molecule has 118 valence electrons. The molecule has 0 spiro atoms. The summed E-state index contributed by atoms with van der Waals surface area (Å²) in [7, 11) is 0. The highest BCUT2D eigenvalue weighted by Gasteiger charge is 2.21. The summed E-state index contributed by atoms with van der Waals surface area (Å²) in [6.07, 6.45) is 6.74. The second-order valence-corrected chi connectivity index (χ2v) is 7.27. The largest absolute Gasteiger partial charge is 0.289 e. The van der Waals surface area contributed by atoms with Gasteiger partial charge in [-0.15, -0.1) is 0 Å². The molecule has 1 unspecified atom stereocenters. The van der Waals surface area contributed by atoms with Gasteiger partial charge in [-0.3, -0.25) is 4.79 Å². The van der Waals surface area contributed by atoms with E-state index in [1.165, 1.54) is 49.4 Å². The Kier molecular flexibility index (Phi) is 8.75. The summed E-state index contributed by atoms with van der Waals surface area (Å²) in [5.74, 6) is 2.07. The molecular formula is C19H31OS+. The van der Waals surface area contributed by atoms with E-state index >= 15 is 0 Å². The molecule has 1 aliphatic carbocycles. The summed E-state index contributed by atoms with van der Waals surface area (Å²) in [5.41, 5.74) is 2.31. The van der Waals surface area contributed by atoms with Crippen molar-refractivity contribution in [2.45, 2.75) is 71.0 Å². The highest BCUT2D eigenvalue weighted by molar-refractivity contribution is 7.80. The van der Waals surface area contributed by atoms with E-state index in [-0.39, 0.29) is 5.25 Å². The molecule has 0 aliphatic heterocycles. The van der Waals surface area contributed by atoms with Crippen molar-refractivity contribution in [2.24, 2.45) is 0 Å². The van der Waals surface area contributed by atoms with Gasteiger partial charge in [0.05, 0.1) is 0 Å². The third-order valence-electron chi connectivity index (χ3n) is 4.11. The Morgan fingerprint density at radius 3 is 2.24 bits per heavy atom. The maximum atomic E-state index is 12.2. The molecule has 2 rings (SSSR count). The van der Waals surface area contributed by atoms with Gasteiger partial charge in [-0.2, -0.15) is 0 Å². The number of benzene rings is 1. The first-order chi connectivity index (χ1) is 10.2. The van der Waals surface area contributed by atoms with E-state index in [2.05, 4.69) is 19.1 Å². The molecule has 0 amide bonds. The minimum atomic E-state index is 0.130. The van der Waals surface area contributed by atoms with Crippen molar-refractivity contribution in [3.63, 3.8) is 0 Å². The van der Waals surface area contributed by atoms with E-state index in [9.17, 15) is 4.79 Å². The van der Waals surface area contributed by atoms with Crippen LogP contribution >= 0.6 is 0 Å². The lowest BCUT2D eigenvalue weighted by Gasteiger charge is -2.22. The average molecular weight is 308 g/mol. The fraction of sp³-hybridized carbons (Fsp3) is 0.632. The minimum absolute atomic E-state index is 0.130. The Bertz CT molecular complexity index is 404. The van der Waals surface area contributed by atoms with Crippen molar-refractivity contribution in [3.8, 4) is 0 Å². The number of hydrogen-bond donors (Lipinski definition) is 0. The maximum absolute atomic E-state index is 12.2. The number of carbonyl (C=O) groups is 1. The van der Waals surface area contributed by atoms with Crippen molar-refractivity contribution in [1.29, 1.82) is 0 Å². The van der Waals surface area contributed by atoms with E-state index in [0.717, 1.165) is 17.2 Å².